The van der Waals surface area contributed by atoms with Crippen molar-refractivity contribution in [3.63, 3.8) is 0 Å². The lowest BCUT2D eigenvalue weighted by Gasteiger charge is -2.19. The van der Waals surface area contributed by atoms with Gasteiger partial charge < -0.3 is 29.7 Å². The minimum Gasteiger partial charge on any atom is -0.468 e. The summed E-state index contributed by atoms with van der Waals surface area (Å²) >= 11 is 0. The summed E-state index contributed by atoms with van der Waals surface area (Å²) in [5.41, 5.74) is 10.5. The fourth-order valence-corrected chi connectivity index (χ4v) is 8.06. The van der Waals surface area contributed by atoms with Gasteiger partial charge in [-0.25, -0.2) is 0 Å². The first-order chi connectivity index (χ1) is 25.0. The van der Waals surface area contributed by atoms with Gasteiger partial charge in [-0.1, -0.05) is 45.4 Å². The van der Waals surface area contributed by atoms with Crippen LogP contribution in [0.15, 0.2) is 29.6 Å². The lowest BCUT2D eigenvalue weighted by atomic mass is 9.85. The Morgan fingerprint density at radius 2 is 1.69 bits per heavy atom. The van der Waals surface area contributed by atoms with Gasteiger partial charge in [-0.3, -0.25) is 19.2 Å². The molecule has 1 fully saturated rings. The van der Waals surface area contributed by atoms with Crippen molar-refractivity contribution in [2.24, 2.45) is 17.8 Å². The summed E-state index contributed by atoms with van der Waals surface area (Å²) in [6, 6.07) is 0. The molecule has 0 unspecified atom stereocenters. The van der Waals surface area contributed by atoms with Gasteiger partial charge >= 0.3 is 11.9 Å². The van der Waals surface area contributed by atoms with Gasteiger partial charge in [0.2, 0.25) is 0 Å². The molecular formula is C42H48N4O6. The molecule has 5 heterocycles. The van der Waals surface area contributed by atoms with Crippen molar-refractivity contribution < 1.29 is 28.7 Å². The van der Waals surface area contributed by atoms with E-state index in [0.717, 1.165) is 58.3 Å². The number of hydrogen-bond donors (Lipinski definition) is 4. The largest absolute Gasteiger partial charge is 0.468 e. The first kappa shape index (κ1) is 36.4. The summed E-state index contributed by atoms with van der Waals surface area (Å²) in [7, 11) is 1.29. The van der Waals surface area contributed by atoms with Crippen LogP contribution in [0.2, 0.25) is 0 Å². The van der Waals surface area contributed by atoms with E-state index in [1.165, 1.54) is 12.7 Å². The van der Waals surface area contributed by atoms with E-state index in [1.807, 2.05) is 52.0 Å². The molecule has 3 aliphatic rings. The minimum atomic E-state index is -1.18. The monoisotopic (exact) mass is 704 g/mol. The van der Waals surface area contributed by atoms with Crippen molar-refractivity contribution in [3.05, 3.63) is 96.5 Å². The summed E-state index contributed by atoms with van der Waals surface area (Å²) in [4.78, 5) is 63.8. The Morgan fingerprint density at radius 3 is 2.37 bits per heavy atom. The van der Waals surface area contributed by atoms with E-state index >= 15 is 0 Å². The normalized spacial score (nSPS) is 22.8. The minimum absolute atomic E-state index is 0.126. The lowest BCUT2D eigenvalue weighted by molar-refractivity contribution is -0.143. The average molecular weight is 705 g/mol. The highest BCUT2D eigenvalue weighted by Crippen LogP contribution is 2.48. The molecule has 1 aliphatic carbocycles. The third kappa shape index (κ3) is 6.24. The van der Waals surface area contributed by atoms with Crippen LogP contribution in [0.25, 0.3) is 29.9 Å². The van der Waals surface area contributed by atoms with Gasteiger partial charge in [0.15, 0.2) is 12.1 Å². The van der Waals surface area contributed by atoms with Crippen LogP contribution in [0.1, 0.15) is 119 Å². The number of aromatic amines is 3. The third-order valence-electron chi connectivity index (χ3n) is 10.9. The molecule has 6 rings (SSSR count). The predicted octanol–water partition coefficient (Wildman–Crippen LogP) is 5.94. The Kier molecular flexibility index (Phi) is 10.3. The zero-order valence-corrected chi connectivity index (χ0v) is 31.1. The molecule has 0 spiro atoms. The first-order valence-corrected chi connectivity index (χ1v) is 18.1. The number of methoxy groups -OCH3 is 1. The molecule has 0 saturated carbocycles. The van der Waals surface area contributed by atoms with E-state index in [0.29, 0.717) is 57.5 Å². The second kappa shape index (κ2) is 14.7. The number of H-pyrrole nitrogens is 3. The average Bonchev–Trinajstić information content (AvgIpc) is 3.87. The second-order valence-corrected chi connectivity index (χ2v) is 14.0. The number of allylic oxidation sites excluding steroid dienone is 3. The Labute approximate surface area is 303 Å². The molecule has 3 aromatic rings. The van der Waals surface area contributed by atoms with Gasteiger partial charge in [-0.15, -0.1) is 0 Å². The van der Waals surface area contributed by atoms with Crippen LogP contribution in [0.4, 0.5) is 0 Å². The second-order valence-electron chi connectivity index (χ2n) is 14.0. The van der Waals surface area contributed by atoms with Crippen molar-refractivity contribution in [2.45, 2.75) is 73.6 Å². The van der Waals surface area contributed by atoms with Crippen molar-refractivity contribution in [3.8, 4) is 0 Å². The molecule has 3 atom stereocenters. The quantitative estimate of drug-likeness (QED) is 0.0837. The summed E-state index contributed by atoms with van der Waals surface area (Å²) in [6.07, 6.45) is 13.7. The van der Waals surface area contributed by atoms with Gasteiger partial charge in [0, 0.05) is 74.3 Å². The standard InChI is InChI=1S/C42H48N4O6/c1-9-12-21(4)15-16-52-35(48)14-13-27-23(6)30-17-29-22(5)25(10-2)32(43-29)19-34-28(20-47)26(11-3)33(44-34)18-31-24(7)36-40(46-31)37(39(27)45-30)38(41(36)49)42(50)51-8/h10,15,17-20,23,27,38,43-46H,2,9,11-14,16H2,1,3-8H3/b21-15-,30-17-,33-18-,34-19-,39-37-/t23-,27-,38+/m0/s1. The Morgan fingerprint density at radius 1 is 0.962 bits per heavy atom. The first-order valence-electron chi connectivity index (χ1n) is 18.1. The predicted molar refractivity (Wildman–Crippen MR) is 202 cm³/mol. The van der Waals surface area contributed by atoms with Crippen molar-refractivity contribution in [2.75, 3.05) is 13.7 Å². The van der Waals surface area contributed by atoms with Gasteiger partial charge in [0.05, 0.1) is 18.2 Å². The van der Waals surface area contributed by atoms with Gasteiger partial charge in [0.1, 0.15) is 12.5 Å². The van der Waals surface area contributed by atoms with Crippen LogP contribution in [0.5, 0.6) is 0 Å². The van der Waals surface area contributed by atoms with Crippen LogP contribution in [0, 0.1) is 31.6 Å². The maximum atomic E-state index is 14.2. The van der Waals surface area contributed by atoms with E-state index in [9.17, 15) is 19.2 Å². The molecule has 0 radical (unpaired) electrons. The number of carbonyl (C=O) groups is 4. The number of Topliss-reactive ketones (excluding diaryl/α,β-unsaturated/α-hetero) is 1. The highest BCUT2D eigenvalue weighted by atomic mass is 16.5. The molecule has 10 nitrogen and oxygen atoms in total. The topological polar surface area (TPSA) is 146 Å². The number of rotatable bonds is 11. The van der Waals surface area contributed by atoms with Gasteiger partial charge in [-0.2, -0.15) is 0 Å². The molecule has 10 heteroatoms. The van der Waals surface area contributed by atoms with Crippen molar-refractivity contribution >= 4 is 53.9 Å². The van der Waals surface area contributed by atoms with Crippen molar-refractivity contribution in [1.82, 2.24) is 20.3 Å². The zero-order chi connectivity index (χ0) is 37.4. The molecule has 2 aliphatic heterocycles. The highest BCUT2D eigenvalue weighted by Gasteiger charge is 2.48. The number of ketones is 1. The van der Waals surface area contributed by atoms with Gasteiger partial charge in [0.25, 0.3) is 0 Å². The van der Waals surface area contributed by atoms with Crippen LogP contribution in [-0.4, -0.2) is 52.7 Å². The fraction of sp³-hybridized carbons (Fsp3) is 0.381. The van der Waals surface area contributed by atoms with Crippen LogP contribution < -0.4 is 16.0 Å². The molecule has 8 bridgehead atoms. The molecule has 0 amide bonds. The number of ether oxygens (including phenoxy) is 2. The Balaban J connectivity index is 1.58. The molecular weight excluding hydrogens is 656 g/mol. The molecule has 4 N–H and O–H groups in total. The van der Waals surface area contributed by atoms with Crippen LogP contribution in [0.3, 0.4) is 0 Å². The maximum absolute atomic E-state index is 14.2. The Hall–Kier alpha value is -5.38. The zero-order valence-electron chi connectivity index (χ0n) is 31.1. The van der Waals surface area contributed by atoms with Crippen molar-refractivity contribution in [1.29, 1.82) is 0 Å². The SMILES string of the molecule is C=Cc1c2[nH]c(c1C)/C=C1\N/C(=C3\c4[nH]c(c(C)c4C(=O)[C@@H]3C(=O)OC)/C=c3\[nH]/c(c(C=O)c3CC)=C\2)[C@@H](CCC(=O)OC/C=C(/C)CCC)[C@@H]1C. The summed E-state index contributed by atoms with van der Waals surface area (Å²) in [5, 5.41) is 5.03. The van der Waals surface area contributed by atoms with E-state index in [-0.39, 0.29) is 36.6 Å². The fourth-order valence-electron chi connectivity index (χ4n) is 8.06. The number of nitrogens with one attached hydrogen (secondary N) is 4. The maximum Gasteiger partial charge on any atom is 0.321 e. The number of fused-ring (bicyclic) bond motifs is 7. The van der Waals surface area contributed by atoms with E-state index in [2.05, 4.69) is 40.7 Å². The molecule has 272 valence electrons. The van der Waals surface area contributed by atoms with E-state index in [4.69, 9.17) is 9.47 Å². The Bertz CT molecular complexity index is 2220. The van der Waals surface area contributed by atoms with E-state index < -0.39 is 11.9 Å². The number of carbonyl (C=O) groups excluding carboxylic acids is 4. The number of aromatic nitrogens is 3. The summed E-state index contributed by atoms with van der Waals surface area (Å²) in [5.74, 6) is -2.86. The summed E-state index contributed by atoms with van der Waals surface area (Å²) in [6.45, 7) is 16.4. The third-order valence-corrected chi connectivity index (χ3v) is 10.9. The van der Waals surface area contributed by atoms with Crippen LogP contribution >= 0.6 is 0 Å². The smallest absolute Gasteiger partial charge is 0.321 e. The lowest BCUT2D eigenvalue weighted by Crippen LogP contribution is -2.25. The number of aldehydes is 1. The number of hydrogen-bond acceptors (Lipinski definition) is 7. The van der Waals surface area contributed by atoms with E-state index in [1.54, 1.807) is 6.08 Å². The molecule has 3 aromatic heterocycles. The van der Waals surface area contributed by atoms with Crippen LogP contribution in [-0.2, 0) is 25.5 Å². The summed E-state index contributed by atoms with van der Waals surface area (Å²) < 4.78 is 10.8. The molecule has 1 saturated heterocycles. The highest BCUT2D eigenvalue weighted by molar-refractivity contribution is 6.24. The number of esters is 2. The molecule has 0 aromatic carbocycles. The molecule has 52 heavy (non-hydrogen) atoms. The van der Waals surface area contributed by atoms with Gasteiger partial charge in [-0.05, 0) is 81.0 Å².